The van der Waals surface area contributed by atoms with Crippen LogP contribution in [0.5, 0.6) is 0 Å². The van der Waals surface area contributed by atoms with Gasteiger partial charge in [0.05, 0.1) is 23.3 Å². The minimum absolute atomic E-state index is 0.184. The summed E-state index contributed by atoms with van der Waals surface area (Å²) in [6.45, 7) is 3.53. The molecule has 49 heavy (non-hydrogen) atoms. The molecule has 2 aliphatic rings. The molecule has 2 aromatic carbocycles. The quantitative estimate of drug-likeness (QED) is 0.195. The molecule has 6 rings (SSSR count). The van der Waals surface area contributed by atoms with Crippen LogP contribution in [-0.2, 0) is 23.6 Å². The Balaban J connectivity index is 1.27. The Morgan fingerprint density at radius 2 is 1.92 bits per heavy atom. The highest BCUT2D eigenvalue weighted by Crippen LogP contribution is 2.53. The van der Waals surface area contributed by atoms with Gasteiger partial charge in [-0.2, -0.15) is 0 Å². The molecular formula is C37H37F2N5O5. The van der Waals surface area contributed by atoms with Crippen molar-refractivity contribution in [3.63, 3.8) is 0 Å². The number of nitrogens with zero attached hydrogens (tertiary/aromatic N) is 4. The average molecular weight is 670 g/mol. The van der Waals surface area contributed by atoms with Crippen molar-refractivity contribution >= 4 is 35.3 Å². The van der Waals surface area contributed by atoms with E-state index in [4.69, 9.17) is 4.74 Å². The summed E-state index contributed by atoms with van der Waals surface area (Å²) in [6.07, 6.45) is 2.60. The summed E-state index contributed by atoms with van der Waals surface area (Å²) in [5.41, 5.74) is 2.60. The zero-order chi connectivity index (χ0) is 34.9. The van der Waals surface area contributed by atoms with Crippen molar-refractivity contribution in [1.82, 2.24) is 14.5 Å². The number of nitrogens with one attached hydrogen (secondary N) is 1. The molecule has 0 spiro atoms. The second-order valence-electron chi connectivity index (χ2n) is 12.4. The lowest BCUT2D eigenvalue weighted by molar-refractivity contribution is 0.0705. The topological polar surface area (TPSA) is 114 Å². The Hall–Kier alpha value is -5.23. The zero-order valence-corrected chi connectivity index (χ0v) is 27.5. The minimum Gasteiger partial charge on any atom is -0.383 e. The number of hydrogen-bond donors (Lipinski definition) is 1. The van der Waals surface area contributed by atoms with E-state index in [0.29, 0.717) is 84.6 Å². The van der Waals surface area contributed by atoms with Gasteiger partial charge in [0.1, 0.15) is 11.5 Å². The van der Waals surface area contributed by atoms with Gasteiger partial charge < -0.3 is 24.4 Å². The molecule has 0 saturated heterocycles. The first kappa shape index (κ1) is 33.7. The number of carbonyl (C=O) groups excluding carboxylic acids is 3. The number of likely N-dealkylation sites (N-methyl/N-ethyl adjacent to an activating group) is 1. The second-order valence-corrected chi connectivity index (χ2v) is 12.4. The van der Waals surface area contributed by atoms with Gasteiger partial charge in [0.2, 0.25) is 6.43 Å². The number of methoxy groups -OCH3 is 1. The molecule has 1 aliphatic heterocycles. The van der Waals surface area contributed by atoms with Crippen LogP contribution in [-0.4, -0.2) is 72.3 Å². The molecule has 4 aromatic rings. The molecule has 254 valence electrons. The summed E-state index contributed by atoms with van der Waals surface area (Å²) < 4.78 is 34.0. The molecule has 1 aliphatic carbocycles. The number of rotatable bonds is 12. The van der Waals surface area contributed by atoms with Crippen LogP contribution in [0.2, 0.25) is 0 Å². The Morgan fingerprint density at radius 1 is 1.12 bits per heavy atom. The number of amides is 2. The molecule has 2 amide bonds. The highest BCUT2D eigenvalue weighted by Gasteiger charge is 2.52. The van der Waals surface area contributed by atoms with E-state index in [1.807, 2.05) is 6.92 Å². The summed E-state index contributed by atoms with van der Waals surface area (Å²) in [4.78, 5) is 60.0. The summed E-state index contributed by atoms with van der Waals surface area (Å²) in [5, 5.41) is 3.04. The predicted octanol–water partition coefficient (Wildman–Crippen LogP) is 5.61. The van der Waals surface area contributed by atoms with Crippen LogP contribution >= 0.6 is 0 Å². The van der Waals surface area contributed by atoms with Crippen molar-refractivity contribution in [2.24, 2.45) is 7.05 Å². The Bertz CT molecular complexity index is 1970. The van der Waals surface area contributed by atoms with Gasteiger partial charge in [0.25, 0.3) is 17.4 Å². The van der Waals surface area contributed by atoms with E-state index in [1.165, 1.54) is 15.7 Å². The fraction of sp³-hybridized carbons (Fsp3) is 0.324. The standard InChI is InChI=1S/C37H37F2N5O5/c1-4-43(16-17-49-3)33(46)24-8-11-32(40-20-24)41-30-19-25(21-42(2)35(30)48)27-6-5-7-31(29(27)22-45)44-15-12-23-18-26(9-10-28(23)34(44)47)37(13-14-37)36(38)39/h5-11,18-22,36H,4,12-17H2,1-3H3,(H,40,41). The van der Waals surface area contributed by atoms with E-state index in [1.54, 1.807) is 79.9 Å². The maximum absolute atomic E-state index is 13.8. The van der Waals surface area contributed by atoms with Gasteiger partial charge in [-0.1, -0.05) is 24.3 Å². The fourth-order valence-electron chi connectivity index (χ4n) is 6.43. The molecule has 1 N–H and O–H groups in total. The van der Waals surface area contributed by atoms with Crippen LogP contribution in [0.15, 0.2) is 71.8 Å². The fourth-order valence-corrected chi connectivity index (χ4v) is 6.43. The number of ether oxygens (including phenoxy) is 1. The molecule has 12 heteroatoms. The van der Waals surface area contributed by atoms with Crippen LogP contribution < -0.4 is 15.8 Å². The number of carbonyl (C=O) groups is 3. The number of aromatic nitrogens is 2. The Kier molecular flexibility index (Phi) is 9.42. The maximum atomic E-state index is 13.8. The van der Waals surface area contributed by atoms with E-state index in [2.05, 4.69) is 10.3 Å². The van der Waals surface area contributed by atoms with Crippen LogP contribution in [0.1, 0.15) is 62.0 Å². The van der Waals surface area contributed by atoms with E-state index in [9.17, 15) is 28.0 Å². The number of halogens is 2. The van der Waals surface area contributed by atoms with Crippen LogP contribution in [0.25, 0.3) is 11.1 Å². The highest BCUT2D eigenvalue weighted by atomic mass is 19.3. The molecule has 0 unspecified atom stereocenters. The van der Waals surface area contributed by atoms with Crippen LogP contribution in [0.3, 0.4) is 0 Å². The van der Waals surface area contributed by atoms with Gasteiger partial charge >= 0.3 is 0 Å². The Morgan fingerprint density at radius 3 is 2.57 bits per heavy atom. The molecule has 0 radical (unpaired) electrons. The largest absolute Gasteiger partial charge is 0.383 e. The molecule has 0 bridgehead atoms. The first-order valence-corrected chi connectivity index (χ1v) is 16.2. The van der Waals surface area contributed by atoms with E-state index in [-0.39, 0.29) is 35.2 Å². The number of benzene rings is 2. The first-order chi connectivity index (χ1) is 23.6. The van der Waals surface area contributed by atoms with Gasteiger partial charge in [-0.3, -0.25) is 19.2 Å². The van der Waals surface area contributed by atoms with Gasteiger partial charge in [0, 0.05) is 62.9 Å². The van der Waals surface area contributed by atoms with E-state index in [0.717, 1.165) is 5.56 Å². The third kappa shape index (κ3) is 6.35. The lowest BCUT2D eigenvalue weighted by Crippen LogP contribution is -2.38. The predicted molar refractivity (Wildman–Crippen MR) is 182 cm³/mol. The van der Waals surface area contributed by atoms with Crippen molar-refractivity contribution in [2.75, 3.05) is 43.6 Å². The van der Waals surface area contributed by atoms with E-state index < -0.39 is 11.8 Å². The highest BCUT2D eigenvalue weighted by molar-refractivity contribution is 6.11. The molecule has 1 saturated carbocycles. The van der Waals surface area contributed by atoms with Crippen molar-refractivity contribution in [3.8, 4) is 11.1 Å². The molecular weight excluding hydrogens is 632 g/mol. The smallest absolute Gasteiger partial charge is 0.274 e. The SMILES string of the molecule is CCN(CCOC)C(=O)c1ccc(Nc2cc(-c3cccc(N4CCc5cc(C6(C(F)F)CC6)ccc5C4=O)c3C=O)cn(C)c2=O)nc1. The summed E-state index contributed by atoms with van der Waals surface area (Å²) in [5.74, 6) is -0.153. The van der Waals surface area contributed by atoms with Gasteiger partial charge in [-0.25, -0.2) is 13.8 Å². The average Bonchev–Trinajstić information content (AvgIpc) is 3.93. The lowest BCUT2D eigenvalue weighted by atomic mass is 9.89. The number of fused-ring (bicyclic) bond motifs is 1. The van der Waals surface area contributed by atoms with Gasteiger partial charge in [-0.15, -0.1) is 0 Å². The van der Waals surface area contributed by atoms with Crippen molar-refractivity contribution in [2.45, 2.75) is 38.0 Å². The summed E-state index contributed by atoms with van der Waals surface area (Å²) in [6, 6.07) is 15.0. The Labute approximate surface area is 282 Å². The molecule has 10 nitrogen and oxygen atoms in total. The molecule has 3 heterocycles. The number of aryl methyl sites for hydroxylation is 1. The first-order valence-electron chi connectivity index (χ1n) is 16.2. The zero-order valence-electron chi connectivity index (χ0n) is 27.5. The maximum Gasteiger partial charge on any atom is 0.274 e. The van der Waals surface area contributed by atoms with Gasteiger partial charge in [0.15, 0.2) is 6.29 Å². The number of aldehydes is 1. The third-order valence-electron chi connectivity index (χ3n) is 9.46. The van der Waals surface area contributed by atoms with Crippen molar-refractivity contribution in [1.29, 1.82) is 0 Å². The molecule has 2 aromatic heterocycles. The summed E-state index contributed by atoms with van der Waals surface area (Å²) >= 11 is 0. The van der Waals surface area contributed by atoms with Crippen LogP contribution in [0, 0.1) is 0 Å². The number of hydrogen-bond acceptors (Lipinski definition) is 7. The third-order valence-corrected chi connectivity index (χ3v) is 9.46. The molecule has 0 atom stereocenters. The van der Waals surface area contributed by atoms with E-state index >= 15 is 0 Å². The minimum atomic E-state index is -2.46. The van der Waals surface area contributed by atoms with Gasteiger partial charge in [-0.05, 0) is 73.2 Å². The van der Waals surface area contributed by atoms with Crippen molar-refractivity contribution in [3.05, 3.63) is 105 Å². The van der Waals surface area contributed by atoms with Crippen molar-refractivity contribution < 1.29 is 27.9 Å². The summed E-state index contributed by atoms with van der Waals surface area (Å²) in [7, 11) is 3.17. The second kappa shape index (κ2) is 13.7. The monoisotopic (exact) mass is 669 g/mol. The number of pyridine rings is 2. The number of alkyl halides is 2. The lowest BCUT2D eigenvalue weighted by Gasteiger charge is -2.31. The number of anilines is 3. The normalized spacial score (nSPS) is 14.8. The molecule has 1 fully saturated rings. The van der Waals surface area contributed by atoms with Crippen LogP contribution in [0.4, 0.5) is 26.0 Å².